The van der Waals surface area contributed by atoms with E-state index < -0.39 is 18.2 Å². The molecule has 0 radical (unpaired) electrons. The van der Waals surface area contributed by atoms with Crippen LogP contribution >= 0.6 is 23.4 Å². The molecule has 0 spiro atoms. The van der Waals surface area contributed by atoms with Crippen LogP contribution in [0.2, 0.25) is 5.02 Å². The Morgan fingerprint density at radius 3 is 2.57 bits per heavy atom. The van der Waals surface area contributed by atoms with Gasteiger partial charge in [0, 0.05) is 10.7 Å². The Morgan fingerprint density at radius 1 is 1.43 bits per heavy atom. The minimum Gasteiger partial charge on any atom is -0.334 e. The van der Waals surface area contributed by atoms with E-state index in [9.17, 15) is 13.2 Å². The first-order chi connectivity index (χ1) is 9.83. The molecule has 1 aromatic carbocycles. The molecule has 0 unspecified atom stereocenters. The van der Waals surface area contributed by atoms with Crippen molar-refractivity contribution in [2.45, 2.75) is 12.6 Å². The minimum atomic E-state index is -4.64. The number of nitrogens with zero attached hydrogens (tertiary/aromatic N) is 3. The Kier molecular flexibility index (Phi) is 5.89. The molecule has 0 amide bonds. The summed E-state index contributed by atoms with van der Waals surface area (Å²) in [4.78, 5) is 3.42. The summed E-state index contributed by atoms with van der Waals surface area (Å²) in [7, 11) is 0. The molecule has 0 aliphatic rings. The standard InChI is InChI=1S/C12H8ClF3N4S/c1-21-11(19-6-18)20-7-4-9(12(14,15)16)8(2-3-17)10(13)5-7/h4-5H,2H2,1H3,(H,19,20). The van der Waals surface area contributed by atoms with Crippen LogP contribution in [0.25, 0.3) is 0 Å². The van der Waals surface area contributed by atoms with E-state index in [4.69, 9.17) is 22.1 Å². The van der Waals surface area contributed by atoms with E-state index >= 15 is 0 Å². The summed E-state index contributed by atoms with van der Waals surface area (Å²) in [5, 5.41) is 19.6. The lowest BCUT2D eigenvalue weighted by atomic mass is 10.0. The van der Waals surface area contributed by atoms with Crippen molar-refractivity contribution in [1.82, 2.24) is 0 Å². The highest BCUT2D eigenvalue weighted by atomic mass is 35.5. The van der Waals surface area contributed by atoms with Crippen molar-refractivity contribution in [2.24, 2.45) is 4.99 Å². The number of amidine groups is 1. The fraction of sp³-hybridized carbons (Fsp3) is 0.250. The Morgan fingerprint density at radius 2 is 2.10 bits per heavy atom. The average Bonchev–Trinajstić information content (AvgIpc) is 2.39. The van der Waals surface area contributed by atoms with Crippen LogP contribution in [0.5, 0.6) is 0 Å². The van der Waals surface area contributed by atoms with Gasteiger partial charge in [-0.2, -0.15) is 23.7 Å². The number of halogens is 4. The molecule has 0 saturated heterocycles. The number of benzene rings is 1. The Hall–Kier alpha value is -1.90. The van der Waals surface area contributed by atoms with Gasteiger partial charge in [-0.25, -0.2) is 0 Å². The molecular weight excluding hydrogens is 325 g/mol. The molecule has 0 aliphatic carbocycles. The van der Waals surface area contributed by atoms with E-state index in [0.29, 0.717) is 0 Å². The zero-order chi connectivity index (χ0) is 16.0. The molecule has 0 bridgehead atoms. The Balaban J connectivity index is 3.34. The zero-order valence-electron chi connectivity index (χ0n) is 10.6. The number of anilines is 1. The summed E-state index contributed by atoms with van der Waals surface area (Å²) < 4.78 is 39.0. The molecule has 0 fully saturated rings. The van der Waals surface area contributed by atoms with Crippen LogP contribution in [-0.2, 0) is 12.6 Å². The Labute approximate surface area is 128 Å². The van der Waals surface area contributed by atoms with Gasteiger partial charge in [0.25, 0.3) is 0 Å². The van der Waals surface area contributed by atoms with Crippen molar-refractivity contribution in [3.8, 4) is 12.3 Å². The van der Waals surface area contributed by atoms with Crippen LogP contribution in [0.4, 0.5) is 18.9 Å². The van der Waals surface area contributed by atoms with E-state index in [1.807, 2.05) is 0 Å². The van der Waals surface area contributed by atoms with Gasteiger partial charge in [0.05, 0.1) is 18.1 Å². The summed E-state index contributed by atoms with van der Waals surface area (Å²) in [6.07, 6.45) is -1.94. The lowest BCUT2D eigenvalue weighted by Gasteiger charge is -2.15. The highest BCUT2D eigenvalue weighted by Gasteiger charge is 2.34. The molecule has 21 heavy (non-hydrogen) atoms. The second kappa shape index (κ2) is 7.21. The second-order valence-corrected chi connectivity index (χ2v) is 4.87. The van der Waals surface area contributed by atoms with Crippen molar-refractivity contribution < 1.29 is 13.2 Å². The summed E-state index contributed by atoms with van der Waals surface area (Å²) >= 11 is 6.88. The number of alkyl halides is 3. The number of hydrogen-bond donors (Lipinski definition) is 1. The van der Waals surface area contributed by atoms with Crippen LogP contribution in [0, 0.1) is 22.8 Å². The van der Waals surface area contributed by atoms with Crippen LogP contribution in [-0.4, -0.2) is 11.4 Å². The lowest BCUT2D eigenvalue weighted by Crippen LogP contribution is -2.13. The summed E-state index contributed by atoms with van der Waals surface area (Å²) in [5.41, 5.74) is -1.23. The van der Waals surface area contributed by atoms with Crippen molar-refractivity contribution in [2.75, 3.05) is 11.6 Å². The van der Waals surface area contributed by atoms with E-state index in [1.54, 1.807) is 12.3 Å². The maximum Gasteiger partial charge on any atom is 0.416 e. The second-order valence-electron chi connectivity index (χ2n) is 3.66. The van der Waals surface area contributed by atoms with Crippen LogP contribution in [0.3, 0.4) is 0 Å². The molecule has 0 aliphatic heterocycles. The van der Waals surface area contributed by atoms with Gasteiger partial charge in [-0.05, 0) is 24.0 Å². The molecule has 0 atom stereocenters. The number of aliphatic imine (C=N–C) groups is 1. The lowest BCUT2D eigenvalue weighted by molar-refractivity contribution is -0.138. The van der Waals surface area contributed by atoms with Gasteiger partial charge in [0.1, 0.15) is 0 Å². The predicted octanol–water partition coefficient (Wildman–Crippen LogP) is 4.04. The fourth-order valence-electron chi connectivity index (χ4n) is 1.51. The van der Waals surface area contributed by atoms with Crippen LogP contribution < -0.4 is 5.32 Å². The molecule has 0 heterocycles. The SMILES string of the molecule is CS/C(=N\C#N)Nc1cc(Cl)c(CC#N)c(C(F)(F)F)c1. The van der Waals surface area contributed by atoms with Crippen LogP contribution in [0.15, 0.2) is 17.1 Å². The third kappa shape index (κ3) is 4.55. The zero-order valence-corrected chi connectivity index (χ0v) is 12.2. The van der Waals surface area contributed by atoms with Crippen molar-refractivity contribution >= 4 is 34.2 Å². The van der Waals surface area contributed by atoms with Gasteiger partial charge in [-0.1, -0.05) is 23.4 Å². The first kappa shape index (κ1) is 17.2. The molecule has 1 aromatic rings. The summed E-state index contributed by atoms with van der Waals surface area (Å²) in [6, 6.07) is 3.74. The maximum atomic E-state index is 13.0. The van der Waals surface area contributed by atoms with Crippen molar-refractivity contribution in [3.05, 3.63) is 28.3 Å². The van der Waals surface area contributed by atoms with Gasteiger partial charge >= 0.3 is 6.18 Å². The largest absolute Gasteiger partial charge is 0.416 e. The number of thioether (sulfide) groups is 1. The molecule has 0 saturated carbocycles. The third-order valence-electron chi connectivity index (χ3n) is 2.35. The van der Waals surface area contributed by atoms with Gasteiger partial charge in [-0.15, -0.1) is 4.99 Å². The van der Waals surface area contributed by atoms with E-state index in [-0.39, 0.29) is 21.4 Å². The normalized spacial score (nSPS) is 11.7. The summed E-state index contributed by atoms with van der Waals surface area (Å²) in [5.74, 6) is 0. The highest BCUT2D eigenvalue weighted by Crippen LogP contribution is 2.37. The monoisotopic (exact) mass is 332 g/mol. The first-order valence-corrected chi connectivity index (χ1v) is 6.98. The predicted molar refractivity (Wildman–Crippen MR) is 76.0 cm³/mol. The number of rotatable bonds is 2. The van der Waals surface area contributed by atoms with E-state index in [1.165, 1.54) is 12.3 Å². The van der Waals surface area contributed by atoms with Gasteiger partial charge in [0.15, 0.2) is 5.17 Å². The van der Waals surface area contributed by atoms with Gasteiger partial charge in [0.2, 0.25) is 6.19 Å². The first-order valence-electron chi connectivity index (χ1n) is 5.37. The topological polar surface area (TPSA) is 72.0 Å². The molecule has 1 N–H and O–H groups in total. The van der Waals surface area contributed by atoms with Crippen molar-refractivity contribution in [3.63, 3.8) is 0 Å². The average molecular weight is 333 g/mol. The van der Waals surface area contributed by atoms with Crippen LogP contribution in [0.1, 0.15) is 11.1 Å². The minimum absolute atomic E-state index is 0.0392. The highest BCUT2D eigenvalue weighted by molar-refractivity contribution is 8.13. The number of nitrogens with one attached hydrogen (secondary N) is 1. The molecular formula is C12H8ClF3N4S. The summed E-state index contributed by atoms with van der Waals surface area (Å²) in [6.45, 7) is 0. The van der Waals surface area contributed by atoms with E-state index in [2.05, 4.69) is 10.3 Å². The maximum absolute atomic E-state index is 13.0. The number of nitriles is 2. The molecule has 0 aromatic heterocycles. The Bertz CT molecular complexity index is 644. The van der Waals surface area contributed by atoms with E-state index in [0.717, 1.165) is 17.8 Å². The fourth-order valence-corrected chi connectivity index (χ4v) is 2.15. The van der Waals surface area contributed by atoms with Gasteiger partial charge < -0.3 is 5.32 Å². The third-order valence-corrected chi connectivity index (χ3v) is 3.27. The molecule has 9 heteroatoms. The molecule has 4 nitrogen and oxygen atoms in total. The molecule has 110 valence electrons. The quantitative estimate of drug-likeness (QED) is 0.504. The van der Waals surface area contributed by atoms with Crippen molar-refractivity contribution in [1.29, 1.82) is 10.5 Å². The van der Waals surface area contributed by atoms with Gasteiger partial charge in [-0.3, -0.25) is 0 Å². The number of hydrogen-bond acceptors (Lipinski definition) is 4. The molecule has 1 rings (SSSR count). The smallest absolute Gasteiger partial charge is 0.334 e.